The van der Waals surface area contributed by atoms with Crippen molar-refractivity contribution in [3.63, 3.8) is 0 Å². The van der Waals surface area contributed by atoms with Gasteiger partial charge in [-0.3, -0.25) is 4.90 Å². The molecule has 2 unspecified atom stereocenters. The molecule has 1 aliphatic heterocycles. The van der Waals surface area contributed by atoms with Gasteiger partial charge in [0.25, 0.3) is 0 Å². The minimum atomic E-state index is 0.197. The molecule has 2 rings (SSSR count). The lowest BCUT2D eigenvalue weighted by atomic mass is 9.91. The second-order valence-corrected chi connectivity index (χ2v) is 6.56. The Balaban J connectivity index is 2.13. The van der Waals surface area contributed by atoms with Crippen molar-refractivity contribution in [2.45, 2.75) is 39.3 Å². The fourth-order valence-corrected chi connectivity index (χ4v) is 3.41. The van der Waals surface area contributed by atoms with E-state index in [2.05, 4.69) is 56.8 Å². The van der Waals surface area contributed by atoms with Crippen molar-refractivity contribution in [3.8, 4) is 0 Å². The quantitative estimate of drug-likeness (QED) is 0.912. The van der Waals surface area contributed by atoms with Gasteiger partial charge in [-0.15, -0.1) is 0 Å². The van der Waals surface area contributed by atoms with E-state index in [9.17, 15) is 0 Å². The average Bonchev–Trinajstić information content (AvgIpc) is 2.36. The Hall–Kier alpha value is -0.900. The highest BCUT2D eigenvalue weighted by Crippen LogP contribution is 2.20. The third-order valence-corrected chi connectivity index (χ3v) is 4.67. The van der Waals surface area contributed by atoms with E-state index in [0.717, 1.165) is 26.1 Å². The molecule has 0 saturated carbocycles. The molecule has 2 atom stereocenters. The largest absolute Gasteiger partial charge is 0.326 e. The number of piperazine rings is 1. The normalized spacial score (nSPS) is 23.0. The molecule has 1 heterocycles. The van der Waals surface area contributed by atoms with Crippen molar-refractivity contribution in [2.24, 2.45) is 5.73 Å². The highest BCUT2D eigenvalue weighted by atomic mass is 15.3. The van der Waals surface area contributed by atoms with Crippen LogP contribution in [-0.4, -0.2) is 55.6 Å². The molecular weight excluding hydrogens is 246 g/mol. The summed E-state index contributed by atoms with van der Waals surface area (Å²) in [5.41, 5.74) is 12.1. The first-order valence-electron chi connectivity index (χ1n) is 7.59. The monoisotopic (exact) mass is 275 g/mol. The zero-order chi connectivity index (χ0) is 14.9. The van der Waals surface area contributed by atoms with Crippen molar-refractivity contribution < 1.29 is 0 Å². The predicted molar refractivity (Wildman–Crippen MR) is 86.2 cm³/mol. The molecule has 1 aliphatic rings. The standard InChI is InChI=1S/C17H29N3/c1-12-8-13(2)15(14(3)9-12)10-16(18)17-11-19(4)6-7-20(17)5/h8-9,16-17H,6-7,10-11,18H2,1-5H3. The van der Waals surface area contributed by atoms with Gasteiger partial charge in [-0.2, -0.15) is 0 Å². The van der Waals surface area contributed by atoms with Crippen LogP contribution in [-0.2, 0) is 6.42 Å². The molecule has 3 nitrogen and oxygen atoms in total. The number of likely N-dealkylation sites (N-methyl/N-ethyl adjacent to an activating group) is 2. The summed E-state index contributed by atoms with van der Waals surface area (Å²) in [6.07, 6.45) is 0.973. The van der Waals surface area contributed by atoms with Crippen molar-refractivity contribution in [2.75, 3.05) is 33.7 Å². The van der Waals surface area contributed by atoms with Gasteiger partial charge in [0.1, 0.15) is 0 Å². The Labute approximate surface area is 123 Å². The van der Waals surface area contributed by atoms with Crippen LogP contribution in [0, 0.1) is 20.8 Å². The van der Waals surface area contributed by atoms with Crippen molar-refractivity contribution in [1.29, 1.82) is 0 Å². The fraction of sp³-hybridized carbons (Fsp3) is 0.647. The Morgan fingerprint density at radius 3 is 2.35 bits per heavy atom. The summed E-state index contributed by atoms with van der Waals surface area (Å²) < 4.78 is 0. The summed E-state index contributed by atoms with van der Waals surface area (Å²) in [7, 11) is 4.39. The molecule has 1 aromatic carbocycles. The Morgan fingerprint density at radius 2 is 1.75 bits per heavy atom. The highest BCUT2D eigenvalue weighted by molar-refractivity contribution is 5.38. The van der Waals surface area contributed by atoms with E-state index in [-0.39, 0.29) is 6.04 Å². The SMILES string of the molecule is Cc1cc(C)c(CC(N)C2CN(C)CCN2C)c(C)c1. The van der Waals surface area contributed by atoms with Gasteiger partial charge < -0.3 is 10.6 Å². The smallest absolute Gasteiger partial charge is 0.0375 e. The number of rotatable bonds is 3. The Morgan fingerprint density at radius 1 is 1.15 bits per heavy atom. The lowest BCUT2D eigenvalue weighted by Crippen LogP contribution is -2.58. The lowest BCUT2D eigenvalue weighted by Gasteiger charge is -2.41. The van der Waals surface area contributed by atoms with Gasteiger partial charge in [0, 0.05) is 31.7 Å². The fourth-order valence-electron chi connectivity index (χ4n) is 3.41. The summed E-state index contributed by atoms with van der Waals surface area (Å²) in [4.78, 5) is 4.81. The molecule has 1 saturated heterocycles. The molecular formula is C17H29N3. The van der Waals surface area contributed by atoms with Crippen LogP contribution in [0.1, 0.15) is 22.3 Å². The van der Waals surface area contributed by atoms with Gasteiger partial charge >= 0.3 is 0 Å². The van der Waals surface area contributed by atoms with Crippen molar-refractivity contribution in [3.05, 3.63) is 34.4 Å². The molecule has 0 amide bonds. The summed E-state index contributed by atoms with van der Waals surface area (Å²) >= 11 is 0. The number of aryl methyl sites for hydroxylation is 3. The van der Waals surface area contributed by atoms with Gasteiger partial charge in [-0.1, -0.05) is 17.7 Å². The molecule has 1 aromatic rings. The van der Waals surface area contributed by atoms with E-state index in [1.807, 2.05) is 0 Å². The van der Waals surface area contributed by atoms with E-state index in [1.54, 1.807) is 0 Å². The van der Waals surface area contributed by atoms with Crippen LogP contribution in [0.4, 0.5) is 0 Å². The zero-order valence-electron chi connectivity index (χ0n) is 13.6. The number of hydrogen-bond donors (Lipinski definition) is 1. The van der Waals surface area contributed by atoms with E-state index in [0.29, 0.717) is 6.04 Å². The average molecular weight is 275 g/mol. The molecule has 0 radical (unpaired) electrons. The van der Waals surface area contributed by atoms with Gasteiger partial charge in [0.15, 0.2) is 0 Å². The number of nitrogens with two attached hydrogens (primary N) is 1. The molecule has 20 heavy (non-hydrogen) atoms. The van der Waals surface area contributed by atoms with E-state index >= 15 is 0 Å². The van der Waals surface area contributed by atoms with Crippen LogP contribution in [0.3, 0.4) is 0 Å². The molecule has 2 N–H and O–H groups in total. The molecule has 0 aromatic heterocycles. The maximum atomic E-state index is 6.54. The first-order chi connectivity index (χ1) is 9.38. The highest BCUT2D eigenvalue weighted by Gasteiger charge is 2.28. The van der Waals surface area contributed by atoms with Crippen LogP contribution < -0.4 is 5.73 Å². The van der Waals surface area contributed by atoms with Crippen molar-refractivity contribution >= 4 is 0 Å². The molecule has 0 spiro atoms. The molecule has 3 heteroatoms. The molecule has 0 aliphatic carbocycles. The predicted octanol–water partition coefficient (Wildman–Crippen LogP) is 1.73. The number of hydrogen-bond acceptors (Lipinski definition) is 3. The minimum Gasteiger partial charge on any atom is -0.326 e. The van der Waals surface area contributed by atoms with Crippen LogP contribution in [0.25, 0.3) is 0 Å². The molecule has 1 fully saturated rings. The van der Waals surface area contributed by atoms with E-state index in [1.165, 1.54) is 22.3 Å². The molecule has 112 valence electrons. The lowest BCUT2D eigenvalue weighted by molar-refractivity contribution is 0.0973. The van der Waals surface area contributed by atoms with Gasteiger partial charge in [0.05, 0.1) is 0 Å². The van der Waals surface area contributed by atoms with Gasteiger partial charge in [-0.05, 0) is 58.0 Å². The summed E-state index contributed by atoms with van der Waals surface area (Å²) in [5, 5.41) is 0. The van der Waals surface area contributed by atoms with Crippen LogP contribution >= 0.6 is 0 Å². The first-order valence-corrected chi connectivity index (χ1v) is 7.59. The van der Waals surface area contributed by atoms with Gasteiger partial charge in [-0.25, -0.2) is 0 Å². The van der Waals surface area contributed by atoms with Crippen LogP contribution in [0.5, 0.6) is 0 Å². The van der Waals surface area contributed by atoms with Crippen LogP contribution in [0.2, 0.25) is 0 Å². The molecule has 0 bridgehead atoms. The van der Waals surface area contributed by atoms with E-state index in [4.69, 9.17) is 5.73 Å². The zero-order valence-corrected chi connectivity index (χ0v) is 13.6. The van der Waals surface area contributed by atoms with Crippen LogP contribution in [0.15, 0.2) is 12.1 Å². The van der Waals surface area contributed by atoms with Gasteiger partial charge in [0.2, 0.25) is 0 Å². The minimum absolute atomic E-state index is 0.197. The maximum absolute atomic E-state index is 6.54. The topological polar surface area (TPSA) is 32.5 Å². The summed E-state index contributed by atoms with van der Waals surface area (Å²) in [6, 6.07) is 5.19. The third-order valence-electron chi connectivity index (χ3n) is 4.67. The van der Waals surface area contributed by atoms with Crippen molar-refractivity contribution in [1.82, 2.24) is 9.80 Å². The number of benzene rings is 1. The summed E-state index contributed by atoms with van der Waals surface area (Å²) in [6.45, 7) is 9.90. The first kappa shape index (κ1) is 15.5. The Kier molecular flexibility index (Phi) is 4.84. The number of nitrogens with zero attached hydrogens (tertiary/aromatic N) is 2. The Bertz CT molecular complexity index is 446. The second-order valence-electron chi connectivity index (χ2n) is 6.56. The summed E-state index contributed by atoms with van der Waals surface area (Å²) in [5.74, 6) is 0. The maximum Gasteiger partial charge on any atom is 0.0375 e. The second kappa shape index (κ2) is 6.25. The van der Waals surface area contributed by atoms with E-state index < -0.39 is 0 Å². The third kappa shape index (κ3) is 3.40.